The molecule has 13 heavy (non-hydrogen) atoms. The molecule has 76 valence electrons. The minimum Gasteiger partial charge on any atom is -0.479 e. The number of hydrogen-bond acceptors (Lipinski definition) is 4. The van der Waals surface area contributed by atoms with Crippen molar-refractivity contribution in [1.82, 2.24) is 0 Å². The molecule has 0 rings (SSSR count). The molecule has 0 aromatic heterocycles. The Morgan fingerprint density at radius 2 is 1.92 bits per heavy atom. The lowest BCUT2D eigenvalue weighted by Crippen LogP contribution is -2.35. The Bertz CT molecular complexity index is 187. The maximum atomic E-state index is 11.1. The van der Waals surface area contributed by atoms with E-state index in [1.165, 1.54) is 0 Å². The van der Waals surface area contributed by atoms with Crippen LogP contribution in [0.2, 0.25) is 0 Å². The van der Waals surface area contributed by atoms with Crippen LogP contribution in [0.5, 0.6) is 0 Å². The Morgan fingerprint density at radius 3 is 2.23 bits per heavy atom. The van der Waals surface area contributed by atoms with Crippen molar-refractivity contribution in [3.8, 4) is 0 Å². The van der Waals surface area contributed by atoms with Crippen molar-refractivity contribution in [2.24, 2.45) is 0 Å². The second-order valence-corrected chi connectivity index (χ2v) is 2.66. The van der Waals surface area contributed by atoms with Crippen LogP contribution in [0.3, 0.4) is 0 Å². The first-order chi connectivity index (χ1) is 5.99. The number of esters is 1. The first kappa shape index (κ1) is 11.9. The number of hydrogen-bond donors (Lipinski definition) is 1. The van der Waals surface area contributed by atoms with Gasteiger partial charge in [-0.2, -0.15) is 0 Å². The van der Waals surface area contributed by atoms with Gasteiger partial charge in [0.25, 0.3) is 6.10 Å². The molecule has 1 unspecified atom stereocenters. The molecule has 0 bridgehead atoms. The minimum atomic E-state index is -1.51. The van der Waals surface area contributed by atoms with Crippen molar-refractivity contribution < 1.29 is 24.2 Å². The van der Waals surface area contributed by atoms with Crippen molar-refractivity contribution >= 4 is 11.9 Å². The monoisotopic (exact) mass is 190 g/mol. The van der Waals surface area contributed by atoms with Crippen molar-refractivity contribution in [1.29, 1.82) is 0 Å². The van der Waals surface area contributed by atoms with E-state index in [1.54, 1.807) is 20.8 Å². The maximum absolute atomic E-state index is 11.1. The summed E-state index contributed by atoms with van der Waals surface area (Å²) >= 11 is 0. The lowest BCUT2D eigenvalue weighted by atomic mass is 10.3. The summed E-state index contributed by atoms with van der Waals surface area (Å²) in [6.45, 7) is 5.05. The van der Waals surface area contributed by atoms with E-state index in [4.69, 9.17) is 9.84 Å². The van der Waals surface area contributed by atoms with Gasteiger partial charge in [0, 0.05) is 6.61 Å². The summed E-state index contributed by atoms with van der Waals surface area (Å²) < 4.78 is 9.37. The third-order valence-corrected chi connectivity index (χ3v) is 1.12. The number of carbonyl (C=O) groups is 2. The molecule has 0 aromatic carbocycles. The molecule has 0 aromatic rings. The van der Waals surface area contributed by atoms with Crippen LogP contribution in [-0.2, 0) is 19.1 Å². The van der Waals surface area contributed by atoms with Gasteiger partial charge >= 0.3 is 11.9 Å². The zero-order valence-corrected chi connectivity index (χ0v) is 7.94. The first-order valence-corrected chi connectivity index (χ1v) is 4.04. The molecule has 0 aliphatic carbocycles. The molecule has 0 heterocycles. The Kier molecular flexibility index (Phi) is 5.06. The summed E-state index contributed by atoms with van der Waals surface area (Å²) in [6, 6.07) is 0. The average molecular weight is 190 g/mol. The van der Waals surface area contributed by atoms with E-state index in [-0.39, 0.29) is 12.7 Å². The van der Waals surface area contributed by atoms with Crippen molar-refractivity contribution in [2.45, 2.75) is 33.0 Å². The average Bonchev–Trinajstić information content (AvgIpc) is 1.97. The first-order valence-electron chi connectivity index (χ1n) is 4.04. The van der Waals surface area contributed by atoms with Gasteiger partial charge in [-0.25, -0.2) is 9.59 Å². The number of carbonyl (C=O) groups excluding carboxylic acids is 1. The normalized spacial score (nSPS) is 12.6. The van der Waals surface area contributed by atoms with Crippen LogP contribution in [0.15, 0.2) is 0 Å². The van der Waals surface area contributed by atoms with Crippen LogP contribution in [0, 0.1) is 0 Å². The van der Waals surface area contributed by atoms with Gasteiger partial charge in [0.05, 0.1) is 6.10 Å². The molecule has 0 aliphatic rings. The Labute approximate surface area is 76.6 Å². The highest BCUT2D eigenvalue weighted by atomic mass is 16.6. The van der Waals surface area contributed by atoms with E-state index in [0.29, 0.717) is 0 Å². The molecule has 1 N–H and O–H groups in total. The molecule has 0 saturated carbocycles. The van der Waals surface area contributed by atoms with E-state index in [1.807, 2.05) is 0 Å². The van der Waals surface area contributed by atoms with Crippen molar-refractivity contribution in [2.75, 3.05) is 6.61 Å². The summed E-state index contributed by atoms with van der Waals surface area (Å²) in [5.74, 6) is -2.18. The number of aliphatic carboxylic acids is 1. The van der Waals surface area contributed by atoms with E-state index < -0.39 is 18.0 Å². The van der Waals surface area contributed by atoms with Gasteiger partial charge in [-0.1, -0.05) is 0 Å². The van der Waals surface area contributed by atoms with Crippen LogP contribution in [-0.4, -0.2) is 35.9 Å². The standard InChI is InChI=1S/C8H14O5/c1-4-12-6(7(9)10)8(11)13-5(2)3/h5-6H,4H2,1-3H3,(H,9,10). The zero-order valence-electron chi connectivity index (χ0n) is 7.94. The van der Waals surface area contributed by atoms with E-state index in [9.17, 15) is 9.59 Å². The van der Waals surface area contributed by atoms with Gasteiger partial charge in [-0.3, -0.25) is 0 Å². The van der Waals surface area contributed by atoms with Gasteiger partial charge in [-0.05, 0) is 20.8 Å². The lowest BCUT2D eigenvalue weighted by molar-refractivity contribution is -0.171. The van der Waals surface area contributed by atoms with Gasteiger partial charge in [0.2, 0.25) is 0 Å². The van der Waals surface area contributed by atoms with E-state index in [2.05, 4.69) is 4.74 Å². The molecule has 0 fully saturated rings. The highest BCUT2D eigenvalue weighted by molar-refractivity contribution is 5.97. The Hall–Kier alpha value is -1.10. The van der Waals surface area contributed by atoms with Crippen molar-refractivity contribution in [3.63, 3.8) is 0 Å². The fourth-order valence-electron chi connectivity index (χ4n) is 0.701. The van der Waals surface area contributed by atoms with Gasteiger partial charge < -0.3 is 14.6 Å². The molecule has 0 radical (unpaired) electrons. The second kappa shape index (κ2) is 5.53. The minimum absolute atomic E-state index is 0.157. The molecule has 0 spiro atoms. The maximum Gasteiger partial charge on any atom is 0.347 e. The van der Waals surface area contributed by atoms with E-state index >= 15 is 0 Å². The fourth-order valence-corrected chi connectivity index (χ4v) is 0.701. The second-order valence-electron chi connectivity index (χ2n) is 2.66. The summed E-state index contributed by atoms with van der Waals surface area (Å²) in [7, 11) is 0. The summed E-state index contributed by atoms with van der Waals surface area (Å²) in [6.07, 6.45) is -1.85. The van der Waals surface area contributed by atoms with Crippen LogP contribution >= 0.6 is 0 Å². The SMILES string of the molecule is CCOC(C(=O)O)C(=O)OC(C)C. The van der Waals surface area contributed by atoms with Gasteiger partial charge in [0.1, 0.15) is 0 Å². The molecule has 5 heteroatoms. The molecular weight excluding hydrogens is 176 g/mol. The Balaban J connectivity index is 4.20. The molecule has 5 nitrogen and oxygen atoms in total. The topological polar surface area (TPSA) is 72.8 Å². The van der Waals surface area contributed by atoms with Gasteiger partial charge in [-0.15, -0.1) is 0 Å². The summed E-state index contributed by atoms with van der Waals surface area (Å²) in [5, 5.41) is 8.56. The third kappa shape index (κ3) is 4.47. The van der Waals surface area contributed by atoms with Crippen molar-refractivity contribution in [3.05, 3.63) is 0 Å². The number of ether oxygens (including phenoxy) is 2. The number of carboxylic acid groups (broad SMARTS) is 1. The lowest BCUT2D eigenvalue weighted by Gasteiger charge is -2.13. The molecule has 0 saturated heterocycles. The predicted octanol–water partition coefficient (Wildman–Crippen LogP) is 0.428. The fraction of sp³-hybridized carbons (Fsp3) is 0.750. The van der Waals surface area contributed by atoms with Crippen LogP contribution in [0.25, 0.3) is 0 Å². The summed E-state index contributed by atoms with van der Waals surface area (Å²) in [5.41, 5.74) is 0. The molecule has 1 atom stereocenters. The van der Waals surface area contributed by atoms with Gasteiger partial charge in [0.15, 0.2) is 0 Å². The van der Waals surface area contributed by atoms with Crippen LogP contribution in [0.1, 0.15) is 20.8 Å². The highest BCUT2D eigenvalue weighted by Gasteiger charge is 2.28. The molecule has 0 amide bonds. The number of rotatable bonds is 5. The predicted molar refractivity (Wildman–Crippen MR) is 44.3 cm³/mol. The molecule has 0 aliphatic heterocycles. The highest BCUT2D eigenvalue weighted by Crippen LogP contribution is 1.99. The quantitative estimate of drug-likeness (QED) is 0.502. The molecular formula is C8H14O5. The number of carboxylic acids is 1. The smallest absolute Gasteiger partial charge is 0.347 e. The third-order valence-electron chi connectivity index (χ3n) is 1.12. The Morgan fingerprint density at radius 1 is 1.38 bits per heavy atom. The van der Waals surface area contributed by atoms with E-state index in [0.717, 1.165) is 0 Å². The summed E-state index contributed by atoms with van der Waals surface area (Å²) in [4.78, 5) is 21.5. The van der Waals surface area contributed by atoms with Crippen LogP contribution < -0.4 is 0 Å². The largest absolute Gasteiger partial charge is 0.479 e. The zero-order chi connectivity index (χ0) is 10.4. The van der Waals surface area contributed by atoms with Crippen LogP contribution in [0.4, 0.5) is 0 Å².